The van der Waals surface area contributed by atoms with Gasteiger partial charge in [-0.3, -0.25) is 0 Å². The monoisotopic (exact) mass is 490 g/mol. The van der Waals surface area contributed by atoms with E-state index in [0.717, 1.165) is 49.1 Å². The molecule has 1 aliphatic carbocycles. The third-order valence-electron chi connectivity index (χ3n) is 7.36. The van der Waals surface area contributed by atoms with Crippen LogP contribution < -0.4 is 36.9 Å². The van der Waals surface area contributed by atoms with Crippen molar-refractivity contribution in [1.29, 1.82) is 0 Å². The zero-order valence-electron chi connectivity index (χ0n) is 21.3. The molecule has 0 spiro atoms. The minimum absolute atomic E-state index is 0.166. The third-order valence-corrected chi connectivity index (χ3v) is 7.36. The second kappa shape index (κ2) is 10.8. The van der Waals surface area contributed by atoms with E-state index in [1.165, 1.54) is 36.8 Å². The van der Waals surface area contributed by atoms with Crippen molar-refractivity contribution in [2.75, 3.05) is 18.4 Å². The molecule has 0 saturated heterocycles. The van der Waals surface area contributed by atoms with E-state index >= 15 is 0 Å². The molecule has 3 unspecified atom stereocenters. The number of nitrogens with one attached hydrogen (secondary N) is 3. The number of amidine groups is 1. The summed E-state index contributed by atoms with van der Waals surface area (Å²) in [4.78, 5) is 4.49. The van der Waals surface area contributed by atoms with Gasteiger partial charge in [-0.15, -0.1) is 0 Å². The van der Waals surface area contributed by atoms with Crippen molar-refractivity contribution in [2.45, 2.75) is 58.7 Å². The van der Waals surface area contributed by atoms with Gasteiger partial charge in [-0.05, 0) is 93.4 Å². The largest absolute Gasteiger partial charge is 0.481 e. The summed E-state index contributed by atoms with van der Waals surface area (Å²) in [6, 6.07) is 12.4. The number of aliphatic imine (C=N–C) groups is 1. The molecule has 3 aliphatic rings. The Morgan fingerprint density at radius 1 is 0.972 bits per heavy atom. The molecule has 2 heterocycles. The average Bonchev–Trinajstić information content (AvgIpc) is 2.86. The van der Waals surface area contributed by atoms with Crippen molar-refractivity contribution in [3.05, 3.63) is 59.1 Å². The molecule has 3 atom stereocenters. The molecule has 8 nitrogen and oxygen atoms in total. The number of allylic oxidation sites excluding steroid dienone is 1. The highest BCUT2D eigenvalue weighted by atomic mass is 16.5. The van der Waals surface area contributed by atoms with Crippen molar-refractivity contribution in [2.24, 2.45) is 28.3 Å². The van der Waals surface area contributed by atoms with Gasteiger partial charge in [0.15, 0.2) is 11.9 Å². The quantitative estimate of drug-likeness (QED) is 0.378. The summed E-state index contributed by atoms with van der Waals surface area (Å²) in [6.45, 7) is 7.53. The highest BCUT2D eigenvalue weighted by Gasteiger charge is 2.22. The molecule has 192 valence electrons. The number of benzene rings is 2. The normalized spacial score (nSPS) is 23.1. The average molecular weight is 491 g/mol. The smallest absolute Gasteiger partial charge is 0.153 e. The van der Waals surface area contributed by atoms with Crippen LogP contribution in [0.25, 0.3) is 0 Å². The number of nitrogens with zero attached hydrogens (tertiary/aromatic N) is 1. The molecule has 8 heteroatoms. The Morgan fingerprint density at radius 3 is 2.36 bits per heavy atom. The molecule has 5 rings (SSSR count). The molecule has 0 aromatic heterocycles. The number of hydrogen-bond acceptors (Lipinski definition) is 8. The summed E-state index contributed by atoms with van der Waals surface area (Å²) in [7, 11) is 0. The number of fused-ring (bicyclic) bond motifs is 2. The topological polar surface area (TPSA) is 119 Å². The minimum atomic E-state index is -0.166. The number of rotatable bonds is 8. The molecule has 1 saturated carbocycles. The van der Waals surface area contributed by atoms with Gasteiger partial charge in [-0.2, -0.15) is 0 Å². The summed E-state index contributed by atoms with van der Waals surface area (Å²) in [5.74, 6) is 4.87. The fourth-order valence-corrected chi connectivity index (χ4v) is 5.28. The van der Waals surface area contributed by atoms with E-state index in [1.807, 2.05) is 26.0 Å². The van der Waals surface area contributed by atoms with Crippen LogP contribution in [-0.2, 0) is 13.1 Å². The van der Waals surface area contributed by atoms with Crippen LogP contribution in [0.3, 0.4) is 0 Å². The maximum Gasteiger partial charge on any atom is 0.153 e. The van der Waals surface area contributed by atoms with Gasteiger partial charge >= 0.3 is 0 Å². The van der Waals surface area contributed by atoms with Crippen LogP contribution in [0.15, 0.2) is 53.0 Å². The summed E-state index contributed by atoms with van der Waals surface area (Å²) in [6.07, 6.45) is 4.99. The Balaban J connectivity index is 1.05. The SMILES string of the molecule is CC1=C(N)Nc2cc(CNCC3CCCC(CNCc4ccc5c(c4)N=C(N)C(C)O5)C3)ccc2O1. The molecule has 2 aromatic rings. The van der Waals surface area contributed by atoms with Crippen LogP contribution >= 0.6 is 0 Å². The van der Waals surface area contributed by atoms with Gasteiger partial charge in [-0.25, -0.2) is 4.99 Å². The van der Waals surface area contributed by atoms with Crippen LogP contribution in [0.4, 0.5) is 11.4 Å². The fraction of sp³-hybridized carbons (Fsp3) is 0.464. The Hall–Kier alpha value is -3.23. The molecular formula is C28H38N6O2. The van der Waals surface area contributed by atoms with Gasteiger partial charge < -0.3 is 36.9 Å². The van der Waals surface area contributed by atoms with Gasteiger partial charge in [0, 0.05) is 13.1 Å². The summed E-state index contributed by atoms with van der Waals surface area (Å²) in [5, 5.41) is 10.6. The summed E-state index contributed by atoms with van der Waals surface area (Å²) >= 11 is 0. The first-order chi connectivity index (χ1) is 17.4. The lowest BCUT2D eigenvalue weighted by Gasteiger charge is -2.29. The van der Waals surface area contributed by atoms with E-state index in [2.05, 4.69) is 45.2 Å². The lowest BCUT2D eigenvalue weighted by molar-refractivity contribution is 0.252. The van der Waals surface area contributed by atoms with E-state index in [4.69, 9.17) is 20.9 Å². The highest BCUT2D eigenvalue weighted by molar-refractivity contribution is 5.89. The maximum atomic E-state index is 5.97. The van der Waals surface area contributed by atoms with Crippen molar-refractivity contribution in [3.8, 4) is 11.5 Å². The van der Waals surface area contributed by atoms with E-state index in [-0.39, 0.29) is 6.10 Å². The number of anilines is 1. The predicted octanol–water partition coefficient (Wildman–Crippen LogP) is 4.09. The van der Waals surface area contributed by atoms with Crippen LogP contribution in [0.2, 0.25) is 0 Å². The van der Waals surface area contributed by atoms with E-state index < -0.39 is 0 Å². The van der Waals surface area contributed by atoms with Gasteiger partial charge in [0.05, 0.1) is 5.69 Å². The van der Waals surface area contributed by atoms with E-state index in [0.29, 0.717) is 29.3 Å². The van der Waals surface area contributed by atoms with Gasteiger partial charge in [0.25, 0.3) is 0 Å². The summed E-state index contributed by atoms with van der Waals surface area (Å²) < 4.78 is 11.6. The second-order valence-corrected chi connectivity index (χ2v) is 10.3. The standard InChI is InChI=1S/C28H38N6O2/c1-17-27(29)33-23-11-21(6-8-25(23)35-17)15-31-13-19-4-3-5-20(10-19)14-32-16-22-7-9-26-24(12-22)34-28(30)18(2)36-26/h6-9,11-12,17,19-20,31-32,34H,3-5,10,13-16,30H2,1-2H3,(H2,29,33). The minimum Gasteiger partial charge on any atom is -0.481 e. The van der Waals surface area contributed by atoms with Crippen molar-refractivity contribution in [1.82, 2.24) is 10.6 Å². The lowest BCUT2D eigenvalue weighted by atomic mass is 9.81. The van der Waals surface area contributed by atoms with Crippen LogP contribution in [0, 0.1) is 11.8 Å². The molecular weight excluding hydrogens is 452 g/mol. The van der Waals surface area contributed by atoms with Crippen molar-refractivity contribution < 1.29 is 9.47 Å². The molecule has 1 fully saturated rings. The molecule has 2 aliphatic heterocycles. The zero-order valence-corrected chi connectivity index (χ0v) is 21.3. The Morgan fingerprint density at radius 2 is 1.64 bits per heavy atom. The lowest BCUT2D eigenvalue weighted by Crippen LogP contribution is -2.33. The first kappa shape index (κ1) is 24.5. The molecule has 2 aromatic carbocycles. The van der Waals surface area contributed by atoms with Gasteiger partial charge in [-0.1, -0.05) is 18.6 Å². The first-order valence-corrected chi connectivity index (χ1v) is 13.0. The maximum absolute atomic E-state index is 5.97. The Labute approximate surface area is 213 Å². The van der Waals surface area contributed by atoms with Gasteiger partial charge in [0.2, 0.25) is 0 Å². The second-order valence-electron chi connectivity index (χ2n) is 10.3. The molecule has 0 amide bonds. The fourth-order valence-electron chi connectivity index (χ4n) is 5.28. The Bertz CT molecular complexity index is 1160. The number of hydrogen-bond donors (Lipinski definition) is 5. The van der Waals surface area contributed by atoms with Crippen molar-refractivity contribution in [3.63, 3.8) is 0 Å². The molecule has 36 heavy (non-hydrogen) atoms. The van der Waals surface area contributed by atoms with Crippen LogP contribution in [-0.4, -0.2) is 25.0 Å². The van der Waals surface area contributed by atoms with Crippen LogP contribution in [0.5, 0.6) is 11.5 Å². The molecule has 0 bridgehead atoms. The zero-order chi connectivity index (χ0) is 25.1. The first-order valence-electron chi connectivity index (χ1n) is 13.0. The number of ether oxygens (including phenoxy) is 2. The summed E-state index contributed by atoms with van der Waals surface area (Å²) in [5.41, 5.74) is 16.1. The predicted molar refractivity (Wildman–Crippen MR) is 144 cm³/mol. The van der Waals surface area contributed by atoms with E-state index in [9.17, 15) is 0 Å². The van der Waals surface area contributed by atoms with Gasteiger partial charge in [0.1, 0.15) is 28.9 Å². The molecule has 0 radical (unpaired) electrons. The van der Waals surface area contributed by atoms with Crippen molar-refractivity contribution >= 4 is 17.2 Å². The van der Waals surface area contributed by atoms with Crippen LogP contribution in [0.1, 0.15) is 50.7 Å². The van der Waals surface area contributed by atoms with E-state index in [1.54, 1.807) is 0 Å². The highest BCUT2D eigenvalue weighted by Crippen LogP contribution is 2.34. The Kier molecular flexibility index (Phi) is 7.34. The molecule has 7 N–H and O–H groups in total. The third kappa shape index (κ3) is 5.77. The number of nitrogens with two attached hydrogens (primary N) is 2.